The highest BCUT2D eigenvalue weighted by Crippen LogP contribution is 2.17. The van der Waals surface area contributed by atoms with E-state index in [0.29, 0.717) is 24.4 Å². The molecule has 0 radical (unpaired) electrons. The van der Waals surface area contributed by atoms with Crippen LogP contribution < -0.4 is 10.6 Å². The van der Waals surface area contributed by atoms with E-state index in [4.69, 9.17) is 4.74 Å². The maximum Gasteiger partial charge on any atom is 0.253 e. The number of anilines is 2. The van der Waals surface area contributed by atoms with E-state index in [1.165, 1.54) is 0 Å². The first-order valence-electron chi connectivity index (χ1n) is 6.02. The fraction of sp³-hybridized carbons (Fsp3) is 0.385. The van der Waals surface area contributed by atoms with Gasteiger partial charge in [-0.25, -0.2) is 0 Å². The van der Waals surface area contributed by atoms with Crippen LogP contribution in [-0.2, 0) is 14.3 Å². The number of nitrogens with one attached hydrogen (secondary N) is 2. The van der Waals surface area contributed by atoms with Crippen molar-refractivity contribution < 1.29 is 14.3 Å². The topological polar surface area (TPSA) is 67.4 Å². The molecule has 2 amide bonds. The third-order valence-electron chi connectivity index (χ3n) is 2.83. The fourth-order valence-electron chi connectivity index (χ4n) is 1.93. The van der Waals surface area contributed by atoms with Crippen molar-refractivity contribution in [3.8, 4) is 0 Å². The fourth-order valence-corrected chi connectivity index (χ4v) is 1.93. The van der Waals surface area contributed by atoms with Crippen molar-refractivity contribution in [1.29, 1.82) is 0 Å². The minimum atomic E-state index is -0.360. The summed E-state index contributed by atoms with van der Waals surface area (Å²) in [6, 6.07) is 7.00. The van der Waals surface area contributed by atoms with Gasteiger partial charge in [0.1, 0.15) is 6.10 Å². The molecule has 1 saturated heterocycles. The van der Waals surface area contributed by atoms with Crippen LogP contribution in [0.25, 0.3) is 0 Å². The van der Waals surface area contributed by atoms with Crippen LogP contribution in [0.3, 0.4) is 0 Å². The highest BCUT2D eigenvalue weighted by molar-refractivity contribution is 5.94. The Bertz CT molecular complexity index is 428. The van der Waals surface area contributed by atoms with Gasteiger partial charge in [0.2, 0.25) is 6.41 Å². The third-order valence-corrected chi connectivity index (χ3v) is 2.83. The number of hydrogen-bond acceptors (Lipinski definition) is 3. The average Bonchev–Trinajstić information content (AvgIpc) is 2.40. The van der Waals surface area contributed by atoms with E-state index in [-0.39, 0.29) is 12.0 Å². The number of ether oxygens (including phenoxy) is 1. The Hall–Kier alpha value is -1.88. The van der Waals surface area contributed by atoms with Gasteiger partial charge in [-0.15, -0.1) is 0 Å². The molecule has 5 heteroatoms. The lowest BCUT2D eigenvalue weighted by molar-refractivity contribution is -0.129. The molecular formula is C13H16N2O3. The van der Waals surface area contributed by atoms with E-state index >= 15 is 0 Å². The zero-order valence-corrected chi connectivity index (χ0v) is 10.0. The molecule has 0 saturated carbocycles. The molecule has 1 aromatic carbocycles. The third kappa shape index (κ3) is 3.30. The summed E-state index contributed by atoms with van der Waals surface area (Å²) in [4.78, 5) is 22.2. The average molecular weight is 248 g/mol. The maximum atomic E-state index is 11.9. The number of benzene rings is 1. The number of hydrogen-bond donors (Lipinski definition) is 2. The van der Waals surface area contributed by atoms with Crippen LogP contribution in [0, 0.1) is 0 Å². The summed E-state index contributed by atoms with van der Waals surface area (Å²) >= 11 is 0. The van der Waals surface area contributed by atoms with Crippen molar-refractivity contribution in [1.82, 2.24) is 0 Å². The van der Waals surface area contributed by atoms with Gasteiger partial charge < -0.3 is 15.4 Å². The van der Waals surface area contributed by atoms with Crippen LogP contribution in [0.1, 0.15) is 19.3 Å². The summed E-state index contributed by atoms with van der Waals surface area (Å²) in [5.41, 5.74) is 1.30. The van der Waals surface area contributed by atoms with Crippen LogP contribution >= 0.6 is 0 Å². The molecule has 18 heavy (non-hydrogen) atoms. The van der Waals surface area contributed by atoms with Gasteiger partial charge in [0.25, 0.3) is 5.91 Å². The minimum absolute atomic E-state index is 0.127. The smallest absolute Gasteiger partial charge is 0.253 e. The van der Waals surface area contributed by atoms with Crippen LogP contribution in [0.2, 0.25) is 0 Å². The van der Waals surface area contributed by atoms with Gasteiger partial charge in [0.15, 0.2) is 0 Å². The number of carbonyl (C=O) groups is 2. The monoisotopic (exact) mass is 248 g/mol. The summed E-state index contributed by atoms with van der Waals surface area (Å²) < 4.78 is 5.41. The standard InChI is InChI=1S/C13H16N2O3/c16-9-14-10-4-3-5-11(8-10)15-13(17)12-6-1-2-7-18-12/h3-5,8-9,12H,1-2,6-7H2,(H,14,16)(H,15,17). The predicted octanol–water partition coefficient (Wildman–Crippen LogP) is 1.76. The van der Waals surface area contributed by atoms with E-state index < -0.39 is 0 Å². The zero-order chi connectivity index (χ0) is 12.8. The molecular weight excluding hydrogens is 232 g/mol. The Morgan fingerprint density at radius 2 is 2.17 bits per heavy atom. The molecule has 1 atom stereocenters. The van der Waals surface area contributed by atoms with Gasteiger partial charge in [0.05, 0.1) is 0 Å². The Labute approximate surface area is 106 Å². The molecule has 0 spiro atoms. The van der Waals surface area contributed by atoms with E-state index in [9.17, 15) is 9.59 Å². The summed E-state index contributed by atoms with van der Waals surface area (Å²) in [6.07, 6.45) is 3.04. The molecule has 1 unspecified atom stereocenters. The molecule has 2 rings (SSSR count). The van der Waals surface area contributed by atoms with Crippen molar-refractivity contribution in [3.63, 3.8) is 0 Å². The lowest BCUT2D eigenvalue weighted by atomic mass is 10.1. The van der Waals surface area contributed by atoms with Crippen molar-refractivity contribution in [2.24, 2.45) is 0 Å². The van der Waals surface area contributed by atoms with Crippen molar-refractivity contribution in [2.45, 2.75) is 25.4 Å². The molecule has 5 nitrogen and oxygen atoms in total. The van der Waals surface area contributed by atoms with Crippen LogP contribution in [-0.4, -0.2) is 25.0 Å². The second kappa shape index (κ2) is 6.16. The van der Waals surface area contributed by atoms with Gasteiger partial charge in [-0.05, 0) is 37.5 Å². The lowest BCUT2D eigenvalue weighted by Gasteiger charge is -2.21. The molecule has 0 aliphatic carbocycles. The lowest BCUT2D eigenvalue weighted by Crippen LogP contribution is -2.33. The quantitative estimate of drug-likeness (QED) is 0.798. The van der Waals surface area contributed by atoms with Crippen molar-refractivity contribution in [3.05, 3.63) is 24.3 Å². The van der Waals surface area contributed by atoms with Gasteiger partial charge in [-0.2, -0.15) is 0 Å². The van der Waals surface area contributed by atoms with Crippen molar-refractivity contribution in [2.75, 3.05) is 17.2 Å². The molecule has 1 heterocycles. The molecule has 96 valence electrons. The van der Waals surface area contributed by atoms with E-state index in [1.54, 1.807) is 24.3 Å². The molecule has 0 aromatic heterocycles. The first-order valence-corrected chi connectivity index (χ1v) is 6.02. The van der Waals surface area contributed by atoms with E-state index in [1.807, 2.05) is 0 Å². The normalized spacial score (nSPS) is 19.0. The minimum Gasteiger partial charge on any atom is -0.368 e. The van der Waals surface area contributed by atoms with Crippen molar-refractivity contribution >= 4 is 23.7 Å². The van der Waals surface area contributed by atoms with Crippen LogP contribution in [0.4, 0.5) is 11.4 Å². The van der Waals surface area contributed by atoms with Crippen LogP contribution in [0.15, 0.2) is 24.3 Å². The second-order valence-corrected chi connectivity index (χ2v) is 4.19. The Morgan fingerprint density at radius 1 is 1.33 bits per heavy atom. The van der Waals surface area contributed by atoms with Crippen LogP contribution in [0.5, 0.6) is 0 Å². The highest BCUT2D eigenvalue weighted by Gasteiger charge is 2.21. The molecule has 1 aliphatic rings. The van der Waals surface area contributed by atoms with E-state index in [2.05, 4.69) is 10.6 Å². The maximum absolute atomic E-state index is 11.9. The van der Waals surface area contributed by atoms with E-state index in [0.717, 1.165) is 19.3 Å². The van der Waals surface area contributed by atoms with Gasteiger partial charge >= 0.3 is 0 Å². The number of carbonyl (C=O) groups excluding carboxylic acids is 2. The molecule has 1 aromatic rings. The molecule has 1 fully saturated rings. The number of rotatable bonds is 4. The van der Waals surface area contributed by atoms with Gasteiger partial charge in [-0.3, -0.25) is 9.59 Å². The summed E-state index contributed by atoms with van der Waals surface area (Å²) in [6.45, 7) is 0.644. The highest BCUT2D eigenvalue weighted by atomic mass is 16.5. The SMILES string of the molecule is O=CNc1cccc(NC(=O)C2CCCCO2)c1. The largest absolute Gasteiger partial charge is 0.368 e. The first-order chi connectivity index (χ1) is 8.79. The molecule has 1 aliphatic heterocycles. The number of amides is 2. The first kappa shape index (κ1) is 12.6. The Balaban J connectivity index is 1.97. The zero-order valence-electron chi connectivity index (χ0n) is 10.0. The molecule has 0 bridgehead atoms. The van der Waals surface area contributed by atoms with Gasteiger partial charge in [-0.1, -0.05) is 6.07 Å². The van der Waals surface area contributed by atoms with Gasteiger partial charge in [0, 0.05) is 18.0 Å². The second-order valence-electron chi connectivity index (χ2n) is 4.19. The summed E-state index contributed by atoms with van der Waals surface area (Å²) in [5, 5.41) is 5.33. The molecule has 2 N–H and O–H groups in total. The predicted molar refractivity (Wildman–Crippen MR) is 68.3 cm³/mol. The summed E-state index contributed by atoms with van der Waals surface area (Å²) in [7, 11) is 0. The Kier molecular flexibility index (Phi) is 4.30. The summed E-state index contributed by atoms with van der Waals surface area (Å²) in [5.74, 6) is -0.127. The Morgan fingerprint density at radius 3 is 2.89 bits per heavy atom.